The van der Waals surface area contributed by atoms with Gasteiger partial charge in [-0.3, -0.25) is 24.0 Å². The van der Waals surface area contributed by atoms with Crippen molar-refractivity contribution < 1.29 is 43.3 Å². The Hall–Kier alpha value is -2.65. The lowest BCUT2D eigenvalue weighted by Gasteiger charge is -2.33. The van der Waals surface area contributed by atoms with E-state index in [2.05, 4.69) is 26.1 Å². The molecule has 0 saturated heterocycles. The minimum atomic E-state index is -1.55. The van der Waals surface area contributed by atoms with Crippen molar-refractivity contribution in [2.75, 3.05) is 19.8 Å². The van der Waals surface area contributed by atoms with E-state index in [1.807, 2.05) is 0 Å². The number of carbonyl (C=O) groups excluding carboxylic acids is 4. The van der Waals surface area contributed by atoms with E-state index in [-0.39, 0.29) is 45.5 Å². The average molecular weight is 852 g/mol. The topological polar surface area (TPSA) is 145 Å². The van der Waals surface area contributed by atoms with Crippen LogP contribution in [0.4, 0.5) is 0 Å². The van der Waals surface area contributed by atoms with E-state index in [0.29, 0.717) is 19.3 Å². The van der Waals surface area contributed by atoms with Crippen molar-refractivity contribution in [3.8, 4) is 0 Å². The van der Waals surface area contributed by atoms with Crippen molar-refractivity contribution in [1.82, 2.24) is 5.32 Å². The molecule has 10 nitrogen and oxygen atoms in total. The van der Waals surface area contributed by atoms with Crippen LogP contribution >= 0.6 is 0 Å². The molecule has 0 aromatic rings. The maximum absolute atomic E-state index is 13.1. The predicted octanol–water partition coefficient (Wildman–Crippen LogP) is 13.4. The SMILES string of the molecule is CCCCCCCCCCCCCC(=O)OCC(COC(=O)CCCCCCCCCCCCC)(COC(=O)CCCCCCCCCCCCC)NC(=O)CCC(=O)O. The van der Waals surface area contributed by atoms with E-state index < -0.39 is 41.7 Å². The van der Waals surface area contributed by atoms with Crippen molar-refractivity contribution in [2.45, 2.75) is 270 Å². The molecule has 0 aromatic carbocycles. The van der Waals surface area contributed by atoms with Crippen LogP contribution < -0.4 is 5.32 Å². The second-order valence-electron chi connectivity index (χ2n) is 17.6. The number of carboxylic acid groups (broad SMARTS) is 1. The molecule has 10 heteroatoms. The second-order valence-corrected chi connectivity index (χ2v) is 17.6. The lowest BCUT2D eigenvalue weighted by Crippen LogP contribution is -2.59. The largest absolute Gasteiger partial charge is 0.481 e. The molecule has 1 amide bonds. The smallest absolute Gasteiger partial charge is 0.305 e. The van der Waals surface area contributed by atoms with Gasteiger partial charge in [0.1, 0.15) is 25.4 Å². The van der Waals surface area contributed by atoms with Gasteiger partial charge in [0, 0.05) is 25.7 Å². The summed E-state index contributed by atoms with van der Waals surface area (Å²) in [6.45, 7) is 5.56. The second kappa shape index (κ2) is 43.0. The lowest BCUT2D eigenvalue weighted by molar-refractivity contribution is -0.159. The molecular weight excluding hydrogens is 759 g/mol. The zero-order valence-corrected chi connectivity index (χ0v) is 39.2. The first kappa shape index (κ1) is 57.3. The van der Waals surface area contributed by atoms with E-state index in [1.54, 1.807) is 0 Å². The average Bonchev–Trinajstić information content (AvgIpc) is 3.23. The van der Waals surface area contributed by atoms with Crippen molar-refractivity contribution in [2.24, 2.45) is 0 Å². The Bertz CT molecular complexity index is 946. The molecule has 0 bridgehead atoms. The first-order valence-corrected chi connectivity index (χ1v) is 25.2. The highest BCUT2D eigenvalue weighted by Crippen LogP contribution is 2.18. The first-order chi connectivity index (χ1) is 29.2. The number of hydrogen-bond acceptors (Lipinski definition) is 8. The van der Waals surface area contributed by atoms with Crippen LogP contribution in [0, 0.1) is 0 Å². The quantitative estimate of drug-likeness (QED) is 0.0347. The molecule has 0 aliphatic carbocycles. The van der Waals surface area contributed by atoms with Gasteiger partial charge < -0.3 is 24.6 Å². The zero-order chi connectivity index (χ0) is 44.2. The van der Waals surface area contributed by atoms with Crippen LogP contribution in [-0.2, 0) is 38.2 Å². The highest BCUT2D eigenvalue weighted by molar-refractivity contribution is 5.81. The fraction of sp³-hybridized carbons (Fsp3) is 0.900. The number of hydrogen-bond donors (Lipinski definition) is 2. The Morgan fingerprint density at radius 2 is 0.583 bits per heavy atom. The summed E-state index contributed by atoms with van der Waals surface area (Å²) in [7, 11) is 0. The van der Waals surface area contributed by atoms with Gasteiger partial charge in [-0.1, -0.05) is 213 Å². The molecule has 0 aliphatic rings. The van der Waals surface area contributed by atoms with Gasteiger partial charge in [-0.15, -0.1) is 0 Å². The standard InChI is InChI=1S/C50H93NO9/c1-4-7-10-13-16-19-22-25-28-31-34-37-47(55)58-42-50(51-45(52)40-41-46(53)54,43-59-48(56)38-35-32-29-26-23-20-17-14-11-8-5-2)44-60-49(57)39-36-33-30-27-24-21-18-15-12-9-6-3/h4-44H2,1-3H3,(H,51,52)(H,53,54). The summed E-state index contributed by atoms with van der Waals surface area (Å²) in [5.74, 6) is -3.11. The third-order valence-corrected chi connectivity index (χ3v) is 11.5. The predicted molar refractivity (Wildman–Crippen MR) is 244 cm³/mol. The van der Waals surface area contributed by atoms with Gasteiger partial charge in [0.2, 0.25) is 5.91 Å². The molecule has 0 radical (unpaired) electrons. The van der Waals surface area contributed by atoms with Gasteiger partial charge in [0.25, 0.3) is 0 Å². The monoisotopic (exact) mass is 852 g/mol. The summed E-state index contributed by atoms with van der Waals surface area (Å²) in [4.78, 5) is 63.2. The molecule has 0 rings (SSSR count). The number of nitrogens with one attached hydrogen (secondary N) is 1. The van der Waals surface area contributed by atoms with Crippen LogP contribution in [0.3, 0.4) is 0 Å². The third kappa shape index (κ3) is 39.5. The van der Waals surface area contributed by atoms with Gasteiger partial charge in [-0.05, 0) is 19.3 Å². The normalized spacial score (nSPS) is 11.4. The Balaban J connectivity index is 5.22. The molecule has 0 unspecified atom stereocenters. The number of aliphatic carboxylic acids is 1. The Morgan fingerprint density at radius 1 is 0.350 bits per heavy atom. The van der Waals surface area contributed by atoms with Gasteiger partial charge in [0.15, 0.2) is 0 Å². The number of rotatable bonds is 46. The van der Waals surface area contributed by atoms with Crippen LogP contribution in [0.15, 0.2) is 0 Å². The molecule has 0 aliphatic heterocycles. The van der Waals surface area contributed by atoms with E-state index >= 15 is 0 Å². The van der Waals surface area contributed by atoms with Gasteiger partial charge in [-0.2, -0.15) is 0 Å². The minimum Gasteiger partial charge on any atom is -0.481 e. The number of amides is 1. The number of unbranched alkanes of at least 4 members (excludes halogenated alkanes) is 30. The molecule has 2 N–H and O–H groups in total. The van der Waals surface area contributed by atoms with Crippen molar-refractivity contribution >= 4 is 29.8 Å². The Morgan fingerprint density at radius 3 is 0.817 bits per heavy atom. The number of carbonyl (C=O) groups is 5. The third-order valence-electron chi connectivity index (χ3n) is 11.5. The molecular formula is C50H93NO9. The van der Waals surface area contributed by atoms with Crippen LogP contribution in [-0.4, -0.2) is 60.3 Å². The molecule has 0 heterocycles. The Kier molecular flexibility index (Phi) is 41.1. The van der Waals surface area contributed by atoms with Crippen molar-refractivity contribution in [1.29, 1.82) is 0 Å². The summed E-state index contributed by atoms with van der Waals surface area (Å²) in [5, 5.41) is 12.0. The molecule has 0 saturated carbocycles. The van der Waals surface area contributed by atoms with Gasteiger partial charge >= 0.3 is 23.9 Å². The highest BCUT2D eigenvalue weighted by atomic mass is 16.6. The molecule has 0 spiro atoms. The summed E-state index contributed by atoms with van der Waals surface area (Å²) in [5.41, 5.74) is -1.55. The van der Waals surface area contributed by atoms with E-state index in [4.69, 9.17) is 14.2 Å². The molecule has 0 atom stereocenters. The maximum atomic E-state index is 13.1. The minimum absolute atomic E-state index is 0.206. The van der Waals surface area contributed by atoms with E-state index in [1.165, 1.54) is 135 Å². The highest BCUT2D eigenvalue weighted by Gasteiger charge is 2.37. The van der Waals surface area contributed by atoms with Gasteiger partial charge in [0.05, 0.1) is 6.42 Å². The van der Waals surface area contributed by atoms with Gasteiger partial charge in [-0.25, -0.2) is 0 Å². The number of ether oxygens (including phenoxy) is 3. The maximum Gasteiger partial charge on any atom is 0.305 e. The van der Waals surface area contributed by atoms with Crippen molar-refractivity contribution in [3.63, 3.8) is 0 Å². The molecule has 0 aromatic heterocycles. The summed E-state index contributed by atoms with van der Waals surface area (Å²) < 4.78 is 17.0. The summed E-state index contributed by atoms with van der Waals surface area (Å²) in [6.07, 6.45) is 38.0. The number of carboxylic acids is 1. The van der Waals surface area contributed by atoms with Crippen LogP contribution in [0.1, 0.15) is 265 Å². The van der Waals surface area contributed by atoms with E-state index in [0.717, 1.165) is 57.8 Å². The first-order valence-electron chi connectivity index (χ1n) is 25.2. The lowest BCUT2D eigenvalue weighted by atomic mass is 10.0. The van der Waals surface area contributed by atoms with Crippen molar-refractivity contribution in [3.05, 3.63) is 0 Å². The molecule has 60 heavy (non-hydrogen) atoms. The summed E-state index contributed by atoms with van der Waals surface area (Å²) in [6, 6.07) is 0. The summed E-state index contributed by atoms with van der Waals surface area (Å²) >= 11 is 0. The number of esters is 3. The van der Waals surface area contributed by atoms with E-state index in [9.17, 15) is 29.1 Å². The zero-order valence-electron chi connectivity index (χ0n) is 39.2. The van der Waals surface area contributed by atoms with Crippen LogP contribution in [0.5, 0.6) is 0 Å². The fourth-order valence-electron chi connectivity index (χ4n) is 7.49. The molecule has 0 fully saturated rings. The fourth-order valence-corrected chi connectivity index (χ4v) is 7.49. The molecule has 352 valence electrons. The van der Waals surface area contributed by atoms with Crippen LogP contribution in [0.25, 0.3) is 0 Å². The van der Waals surface area contributed by atoms with Crippen LogP contribution in [0.2, 0.25) is 0 Å². The Labute approximate surface area is 367 Å².